The van der Waals surface area contributed by atoms with Crippen LogP contribution < -0.4 is 5.32 Å². The van der Waals surface area contributed by atoms with Gasteiger partial charge in [-0.25, -0.2) is 0 Å². The zero-order valence-corrected chi connectivity index (χ0v) is 12.2. The zero-order valence-electron chi connectivity index (χ0n) is 12.2. The van der Waals surface area contributed by atoms with E-state index in [9.17, 15) is 4.79 Å². The smallest absolute Gasteiger partial charge is 0.230 e. The molecule has 0 saturated carbocycles. The molecule has 1 amide bonds. The highest BCUT2D eigenvalue weighted by Gasteiger charge is 2.31. The molecule has 2 heterocycles. The number of nitrogens with one attached hydrogen (secondary N) is 1. The molecule has 2 atom stereocenters. The summed E-state index contributed by atoms with van der Waals surface area (Å²) in [4.78, 5) is 14.7. The zero-order chi connectivity index (χ0) is 14.1. The molecule has 0 unspecified atom stereocenters. The Kier molecular flexibility index (Phi) is 3.76. The Bertz CT molecular complexity index is 515. The van der Waals surface area contributed by atoms with Crippen molar-refractivity contribution in [3.05, 3.63) is 29.3 Å². The molecule has 1 saturated heterocycles. The summed E-state index contributed by atoms with van der Waals surface area (Å²) in [6, 6.07) is 6.19. The number of hydrogen-bond acceptors (Lipinski definition) is 3. The monoisotopic (exact) mass is 274 g/mol. The van der Waals surface area contributed by atoms with Gasteiger partial charge in [-0.05, 0) is 37.1 Å². The highest BCUT2D eigenvalue weighted by atomic mass is 16.5. The second-order valence-corrected chi connectivity index (χ2v) is 5.71. The number of amides is 1. The quantitative estimate of drug-likeness (QED) is 0.920. The molecule has 1 aromatic carbocycles. The summed E-state index contributed by atoms with van der Waals surface area (Å²) in [5.74, 6) is 0.0767. The third-order valence-electron chi connectivity index (χ3n) is 4.47. The molecule has 0 bridgehead atoms. The number of anilines is 1. The van der Waals surface area contributed by atoms with Crippen LogP contribution in [0.3, 0.4) is 0 Å². The Morgan fingerprint density at radius 1 is 1.45 bits per heavy atom. The predicted molar refractivity (Wildman–Crippen MR) is 78.4 cm³/mol. The molecular formula is C16H22N2O2. The van der Waals surface area contributed by atoms with Crippen LogP contribution in [0.5, 0.6) is 0 Å². The maximum absolute atomic E-state index is 12.4. The second-order valence-electron chi connectivity index (χ2n) is 5.71. The van der Waals surface area contributed by atoms with Gasteiger partial charge in [0.25, 0.3) is 0 Å². The molecule has 0 spiro atoms. The fourth-order valence-electron chi connectivity index (χ4n) is 3.13. The van der Waals surface area contributed by atoms with Gasteiger partial charge in [-0.15, -0.1) is 0 Å². The van der Waals surface area contributed by atoms with E-state index in [4.69, 9.17) is 4.74 Å². The first-order valence-electron chi connectivity index (χ1n) is 7.44. The van der Waals surface area contributed by atoms with E-state index in [2.05, 4.69) is 23.2 Å². The van der Waals surface area contributed by atoms with Gasteiger partial charge in [-0.3, -0.25) is 9.69 Å². The average Bonchev–Trinajstić information content (AvgIpc) is 3.04. The van der Waals surface area contributed by atoms with Gasteiger partial charge in [-0.1, -0.05) is 19.1 Å². The Hall–Kier alpha value is -1.39. The lowest BCUT2D eigenvalue weighted by molar-refractivity contribution is -0.121. The lowest BCUT2D eigenvalue weighted by atomic mass is 10.0. The van der Waals surface area contributed by atoms with E-state index in [0.717, 1.165) is 31.7 Å². The normalized spacial score (nSPS) is 25.7. The third kappa shape index (κ3) is 2.45. The van der Waals surface area contributed by atoms with Crippen LogP contribution in [0.15, 0.2) is 18.2 Å². The molecule has 20 heavy (non-hydrogen) atoms. The molecule has 0 aliphatic carbocycles. The lowest BCUT2D eigenvalue weighted by Gasteiger charge is -2.16. The summed E-state index contributed by atoms with van der Waals surface area (Å²) in [7, 11) is 0. The fourth-order valence-corrected chi connectivity index (χ4v) is 3.13. The van der Waals surface area contributed by atoms with Gasteiger partial charge in [0.05, 0.1) is 12.0 Å². The summed E-state index contributed by atoms with van der Waals surface area (Å²) >= 11 is 0. The SMILES string of the molecule is CCN1Cc2cccc(NC(=O)[C@H]3CCO[C@@H]3C)c2C1. The molecule has 2 aliphatic rings. The van der Waals surface area contributed by atoms with Crippen molar-refractivity contribution in [1.29, 1.82) is 0 Å². The summed E-state index contributed by atoms with van der Waals surface area (Å²) < 4.78 is 5.48. The van der Waals surface area contributed by atoms with E-state index in [1.807, 2.05) is 19.1 Å². The first-order chi connectivity index (χ1) is 9.69. The average molecular weight is 274 g/mol. The van der Waals surface area contributed by atoms with Crippen molar-refractivity contribution in [1.82, 2.24) is 4.90 Å². The van der Waals surface area contributed by atoms with Crippen molar-refractivity contribution in [2.45, 2.75) is 39.5 Å². The molecule has 108 valence electrons. The molecule has 0 aromatic heterocycles. The minimum absolute atomic E-state index is 0.0189. The van der Waals surface area contributed by atoms with Crippen molar-refractivity contribution < 1.29 is 9.53 Å². The van der Waals surface area contributed by atoms with E-state index in [0.29, 0.717) is 6.61 Å². The third-order valence-corrected chi connectivity index (χ3v) is 4.47. The number of ether oxygens (including phenoxy) is 1. The van der Waals surface area contributed by atoms with E-state index in [1.165, 1.54) is 11.1 Å². The van der Waals surface area contributed by atoms with Gasteiger partial charge in [0.1, 0.15) is 0 Å². The van der Waals surface area contributed by atoms with E-state index < -0.39 is 0 Å². The van der Waals surface area contributed by atoms with Crippen molar-refractivity contribution in [3.63, 3.8) is 0 Å². The van der Waals surface area contributed by atoms with Gasteiger partial charge in [-0.2, -0.15) is 0 Å². The first kappa shape index (κ1) is 13.6. The van der Waals surface area contributed by atoms with Crippen LogP contribution in [-0.2, 0) is 22.6 Å². The number of fused-ring (bicyclic) bond motifs is 1. The number of rotatable bonds is 3. The maximum atomic E-state index is 12.4. The Balaban J connectivity index is 1.76. The van der Waals surface area contributed by atoms with Crippen LogP contribution in [0.25, 0.3) is 0 Å². The van der Waals surface area contributed by atoms with Gasteiger partial charge >= 0.3 is 0 Å². The summed E-state index contributed by atoms with van der Waals surface area (Å²) in [5, 5.41) is 3.11. The number of nitrogens with zero attached hydrogens (tertiary/aromatic N) is 1. The van der Waals surface area contributed by atoms with Gasteiger partial charge < -0.3 is 10.1 Å². The summed E-state index contributed by atoms with van der Waals surface area (Å²) in [6.45, 7) is 7.79. The van der Waals surface area contributed by atoms with E-state index >= 15 is 0 Å². The number of benzene rings is 1. The van der Waals surface area contributed by atoms with Gasteiger partial charge in [0.2, 0.25) is 5.91 Å². The van der Waals surface area contributed by atoms with E-state index in [-0.39, 0.29) is 17.9 Å². The van der Waals surface area contributed by atoms with Crippen LogP contribution in [-0.4, -0.2) is 30.1 Å². The highest BCUT2D eigenvalue weighted by Crippen LogP contribution is 2.30. The first-order valence-corrected chi connectivity index (χ1v) is 7.44. The molecule has 4 nitrogen and oxygen atoms in total. The molecule has 0 radical (unpaired) electrons. The van der Waals surface area contributed by atoms with Crippen molar-refractivity contribution >= 4 is 11.6 Å². The Morgan fingerprint density at radius 2 is 2.30 bits per heavy atom. The van der Waals surface area contributed by atoms with Crippen LogP contribution in [0.2, 0.25) is 0 Å². The number of hydrogen-bond donors (Lipinski definition) is 1. The largest absolute Gasteiger partial charge is 0.378 e. The molecular weight excluding hydrogens is 252 g/mol. The minimum atomic E-state index is -0.0189. The molecule has 1 fully saturated rings. The number of carbonyl (C=O) groups is 1. The Morgan fingerprint density at radius 3 is 3.00 bits per heavy atom. The highest BCUT2D eigenvalue weighted by molar-refractivity contribution is 5.94. The van der Waals surface area contributed by atoms with Gasteiger partial charge in [0, 0.05) is 25.4 Å². The second kappa shape index (κ2) is 5.54. The molecule has 2 aliphatic heterocycles. The summed E-state index contributed by atoms with van der Waals surface area (Å²) in [6.07, 6.45) is 0.849. The van der Waals surface area contributed by atoms with Gasteiger partial charge in [0.15, 0.2) is 0 Å². The Labute approximate surface area is 120 Å². The molecule has 4 heteroatoms. The predicted octanol–water partition coefficient (Wildman–Crippen LogP) is 2.39. The molecule has 1 aromatic rings. The lowest BCUT2D eigenvalue weighted by Crippen LogP contribution is -2.28. The summed E-state index contributed by atoms with van der Waals surface area (Å²) in [5.41, 5.74) is 3.58. The molecule has 1 N–H and O–H groups in total. The minimum Gasteiger partial charge on any atom is -0.378 e. The van der Waals surface area contributed by atoms with Crippen LogP contribution in [0.1, 0.15) is 31.4 Å². The van der Waals surface area contributed by atoms with Crippen LogP contribution in [0.4, 0.5) is 5.69 Å². The molecule has 3 rings (SSSR count). The van der Waals surface area contributed by atoms with E-state index in [1.54, 1.807) is 0 Å². The maximum Gasteiger partial charge on any atom is 0.230 e. The van der Waals surface area contributed by atoms with Crippen LogP contribution in [0, 0.1) is 5.92 Å². The fraction of sp³-hybridized carbons (Fsp3) is 0.562. The number of carbonyl (C=O) groups excluding carboxylic acids is 1. The van der Waals surface area contributed by atoms with Crippen LogP contribution >= 0.6 is 0 Å². The van der Waals surface area contributed by atoms with Crippen molar-refractivity contribution in [3.8, 4) is 0 Å². The van der Waals surface area contributed by atoms with Crippen molar-refractivity contribution in [2.24, 2.45) is 5.92 Å². The standard InChI is InChI=1S/C16H22N2O2/c1-3-18-9-12-5-4-6-15(14(12)10-18)17-16(19)13-7-8-20-11(13)2/h4-6,11,13H,3,7-10H2,1-2H3,(H,17,19)/t11-,13+/m1/s1. The van der Waals surface area contributed by atoms with Crippen molar-refractivity contribution in [2.75, 3.05) is 18.5 Å². The topological polar surface area (TPSA) is 41.6 Å².